The molecular formula is C34H40ClFN8O5. The van der Waals surface area contributed by atoms with Crippen LogP contribution in [0.1, 0.15) is 69.1 Å². The lowest BCUT2D eigenvalue weighted by molar-refractivity contribution is -0.127. The first-order valence-corrected chi connectivity index (χ1v) is 17.0. The van der Waals surface area contributed by atoms with Crippen LogP contribution in [0.15, 0.2) is 30.6 Å². The SMILES string of the molecule is COc1cc(-c2cc(C(=O)N3CC[C@H](C(=O)NCc4ncc(N5CC6CC5CN6C(=O)OC(C)(C)C)cc4Cl)CC34CC4)[nH]n2)c(F)cn1. The van der Waals surface area contributed by atoms with Crippen molar-refractivity contribution in [2.75, 3.05) is 31.6 Å². The van der Waals surface area contributed by atoms with Gasteiger partial charge in [-0.25, -0.2) is 14.2 Å². The molecule has 0 aromatic carbocycles. The number of likely N-dealkylation sites (tertiary alicyclic amines) is 2. The second-order valence-corrected chi connectivity index (χ2v) is 14.8. The number of carbonyl (C=O) groups excluding carboxylic acids is 3. The summed E-state index contributed by atoms with van der Waals surface area (Å²) < 4.78 is 25.1. The molecule has 3 saturated heterocycles. The summed E-state index contributed by atoms with van der Waals surface area (Å²) in [6.07, 6.45) is 6.10. The van der Waals surface area contributed by atoms with Crippen molar-refractivity contribution in [2.24, 2.45) is 5.92 Å². The van der Waals surface area contributed by atoms with Crippen LogP contribution in [0.5, 0.6) is 5.88 Å². The lowest BCUT2D eigenvalue weighted by Gasteiger charge is -2.39. The molecule has 3 atom stereocenters. The Labute approximate surface area is 288 Å². The van der Waals surface area contributed by atoms with Crippen LogP contribution in [0.25, 0.3) is 11.3 Å². The second kappa shape index (κ2) is 12.5. The Bertz CT molecular complexity index is 1790. The Kier molecular flexibility index (Phi) is 8.40. The van der Waals surface area contributed by atoms with E-state index >= 15 is 0 Å². The van der Waals surface area contributed by atoms with Crippen LogP contribution in [0.3, 0.4) is 0 Å². The molecule has 7 rings (SSSR count). The fourth-order valence-corrected chi connectivity index (χ4v) is 7.61. The number of H-pyrrole nitrogens is 1. The highest BCUT2D eigenvalue weighted by Gasteiger charge is 2.54. The van der Waals surface area contributed by atoms with E-state index in [1.807, 2.05) is 36.6 Å². The monoisotopic (exact) mass is 694 g/mol. The summed E-state index contributed by atoms with van der Waals surface area (Å²) in [5.74, 6) is -0.908. The van der Waals surface area contributed by atoms with Gasteiger partial charge in [0, 0.05) is 48.8 Å². The largest absolute Gasteiger partial charge is 0.481 e. The molecule has 15 heteroatoms. The average molecular weight is 695 g/mol. The fourth-order valence-electron chi connectivity index (χ4n) is 7.38. The minimum Gasteiger partial charge on any atom is -0.481 e. The number of piperidine rings is 1. The number of halogens is 2. The summed E-state index contributed by atoms with van der Waals surface area (Å²) >= 11 is 6.66. The summed E-state index contributed by atoms with van der Waals surface area (Å²) in [5, 5.41) is 10.4. The van der Waals surface area contributed by atoms with Crippen LogP contribution in [-0.2, 0) is 16.1 Å². The zero-order valence-corrected chi connectivity index (χ0v) is 28.7. The highest BCUT2D eigenvalue weighted by Crippen LogP contribution is 2.50. The molecule has 2 N–H and O–H groups in total. The molecule has 4 aliphatic rings. The normalized spacial score (nSPS) is 22.4. The van der Waals surface area contributed by atoms with Crippen LogP contribution in [0.4, 0.5) is 14.9 Å². The Morgan fingerprint density at radius 3 is 2.59 bits per heavy atom. The van der Waals surface area contributed by atoms with Gasteiger partial charge in [0.25, 0.3) is 5.91 Å². The van der Waals surface area contributed by atoms with Gasteiger partial charge in [0.05, 0.1) is 54.2 Å². The fraction of sp³-hybridized carbons (Fsp3) is 0.529. The molecular weight excluding hydrogens is 655 g/mol. The predicted octanol–water partition coefficient (Wildman–Crippen LogP) is 4.57. The summed E-state index contributed by atoms with van der Waals surface area (Å²) in [5.41, 5.74) is 1.25. The topological polar surface area (TPSA) is 146 Å². The number of hydrogen-bond donors (Lipinski definition) is 2. The van der Waals surface area contributed by atoms with E-state index in [0.29, 0.717) is 43.2 Å². The number of rotatable bonds is 7. The minimum atomic E-state index is -0.573. The number of pyridine rings is 2. The number of piperazine rings is 1. The van der Waals surface area contributed by atoms with E-state index in [-0.39, 0.29) is 70.8 Å². The third-order valence-electron chi connectivity index (χ3n) is 10.0. The van der Waals surface area contributed by atoms with Crippen LogP contribution in [0.2, 0.25) is 5.02 Å². The molecule has 0 radical (unpaired) electrons. The van der Waals surface area contributed by atoms with Gasteiger partial charge in [-0.1, -0.05) is 11.6 Å². The van der Waals surface area contributed by atoms with Gasteiger partial charge in [0.15, 0.2) is 5.82 Å². The van der Waals surface area contributed by atoms with E-state index in [2.05, 4.69) is 30.4 Å². The van der Waals surface area contributed by atoms with E-state index in [1.165, 1.54) is 19.2 Å². The number of amides is 3. The van der Waals surface area contributed by atoms with Gasteiger partial charge in [0.2, 0.25) is 11.8 Å². The van der Waals surface area contributed by atoms with Crippen molar-refractivity contribution in [1.82, 2.24) is 35.3 Å². The van der Waals surface area contributed by atoms with E-state index in [1.54, 1.807) is 6.20 Å². The average Bonchev–Trinajstić information content (AvgIpc) is 3.42. The standard InChI is InChI=1S/C34H40ClFN8O5/c1-33(2,3)49-32(47)43-18-21-9-22(43)17-42(21)20-10-24(35)28(37-14-20)16-39-30(45)19-5-8-44(34(13-19)6-7-34)31(46)27-12-26(40-41-27)23-11-29(48-4)38-15-25(23)36/h10-12,14-15,19,21-22H,5-9,13,16-18H2,1-4H3,(H,39,45)(H,40,41)/t19-,21?,22?/m0/s1. The van der Waals surface area contributed by atoms with Crippen molar-refractivity contribution >= 4 is 35.2 Å². The summed E-state index contributed by atoms with van der Waals surface area (Å²) in [6, 6.07) is 5.08. The van der Waals surface area contributed by atoms with Gasteiger partial charge in [-0.05, 0) is 65.0 Å². The first-order valence-electron chi connectivity index (χ1n) is 16.6. The Balaban J connectivity index is 0.928. The molecule has 3 aliphatic heterocycles. The molecule has 1 saturated carbocycles. The van der Waals surface area contributed by atoms with Gasteiger partial charge < -0.3 is 29.5 Å². The van der Waals surface area contributed by atoms with E-state index in [0.717, 1.165) is 31.1 Å². The number of anilines is 1. The summed E-state index contributed by atoms with van der Waals surface area (Å²) in [4.78, 5) is 53.8. The number of nitrogens with zero attached hydrogens (tertiary/aromatic N) is 6. The van der Waals surface area contributed by atoms with E-state index in [9.17, 15) is 18.8 Å². The van der Waals surface area contributed by atoms with Crippen LogP contribution >= 0.6 is 11.6 Å². The Morgan fingerprint density at radius 1 is 1.12 bits per heavy atom. The van der Waals surface area contributed by atoms with Crippen molar-refractivity contribution in [1.29, 1.82) is 0 Å². The van der Waals surface area contributed by atoms with Crippen LogP contribution in [-0.4, -0.2) is 97.8 Å². The smallest absolute Gasteiger partial charge is 0.410 e. The molecule has 6 heterocycles. The quantitative estimate of drug-likeness (QED) is 0.363. The lowest BCUT2D eigenvalue weighted by Crippen LogP contribution is -2.50. The third kappa shape index (κ3) is 6.50. The van der Waals surface area contributed by atoms with Crippen LogP contribution in [0, 0.1) is 11.7 Å². The van der Waals surface area contributed by atoms with E-state index < -0.39 is 11.4 Å². The molecule has 1 spiro atoms. The molecule has 3 aromatic rings. The molecule has 4 fully saturated rings. The van der Waals surface area contributed by atoms with Gasteiger partial charge >= 0.3 is 6.09 Å². The molecule has 2 unspecified atom stereocenters. The number of aromatic nitrogens is 4. The van der Waals surface area contributed by atoms with Crippen molar-refractivity contribution < 1.29 is 28.2 Å². The lowest BCUT2D eigenvalue weighted by atomic mass is 9.88. The minimum absolute atomic E-state index is 0.0762. The van der Waals surface area contributed by atoms with Gasteiger partial charge in [-0.2, -0.15) is 5.10 Å². The number of aromatic amines is 1. The number of hydrogen-bond acceptors (Lipinski definition) is 9. The third-order valence-corrected chi connectivity index (χ3v) is 10.3. The number of fused-ring (bicyclic) bond motifs is 2. The molecule has 13 nitrogen and oxygen atoms in total. The van der Waals surface area contributed by atoms with E-state index in [4.69, 9.17) is 21.1 Å². The maximum Gasteiger partial charge on any atom is 0.410 e. The zero-order valence-electron chi connectivity index (χ0n) is 28.0. The van der Waals surface area contributed by atoms with Gasteiger partial charge in [-0.15, -0.1) is 0 Å². The van der Waals surface area contributed by atoms with Crippen molar-refractivity contribution in [2.45, 2.75) is 82.6 Å². The first-order chi connectivity index (χ1) is 23.3. The summed E-state index contributed by atoms with van der Waals surface area (Å²) in [7, 11) is 1.44. The van der Waals surface area contributed by atoms with Crippen molar-refractivity contribution in [3.8, 4) is 17.1 Å². The Morgan fingerprint density at radius 2 is 1.92 bits per heavy atom. The zero-order chi connectivity index (χ0) is 34.7. The van der Waals surface area contributed by atoms with Gasteiger partial charge in [0.1, 0.15) is 11.3 Å². The molecule has 260 valence electrons. The maximum absolute atomic E-state index is 14.5. The number of ether oxygens (including phenoxy) is 2. The second-order valence-electron chi connectivity index (χ2n) is 14.4. The number of carbonyl (C=O) groups is 3. The predicted molar refractivity (Wildman–Crippen MR) is 178 cm³/mol. The van der Waals surface area contributed by atoms with Crippen molar-refractivity contribution in [3.05, 3.63) is 52.8 Å². The number of nitrogens with one attached hydrogen (secondary N) is 2. The van der Waals surface area contributed by atoms with Gasteiger partial charge in [-0.3, -0.25) is 19.7 Å². The van der Waals surface area contributed by atoms with Crippen molar-refractivity contribution in [3.63, 3.8) is 0 Å². The molecule has 3 amide bonds. The molecule has 2 bridgehead atoms. The molecule has 1 aliphatic carbocycles. The molecule has 3 aromatic heterocycles. The highest BCUT2D eigenvalue weighted by atomic mass is 35.5. The number of methoxy groups -OCH3 is 1. The first kappa shape index (κ1) is 33.1. The Hall–Kier alpha value is -4.46. The van der Waals surface area contributed by atoms with Crippen LogP contribution < -0.4 is 15.0 Å². The molecule has 49 heavy (non-hydrogen) atoms. The maximum atomic E-state index is 14.5. The highest BCUT2D eigenvalue weighted by molar-refractivity contribution is 6.31. The summed E-state index contributed by atoms with van der Waals surface area (Å²) in [6.45, 7) is 7.48.